The molecule has 4 rings (SSSR count). The van der Waals surface area contributed by atoms with Gasteiger partial charge in [0.05, 0.1) is 18.5 Å². The monoisotopic (exact) mass is 390 g/mol. The fraction of sp³-hybridized carbons (Fsp3) is 0.227. The Hall–Kier alpha value is -3.45. The molecule has 2 aromatic heterocycles. The maximum atomic E-state index is 11.7. The van der Waals surface area contributed by atoms with Crippen LogP contribution in [0.3, 0.4) is 0 Å². The maximum absolute atomic E-state index is 11.7. The van der Waals surface area contributed by atoms with Gasteiger partial charge in [-0.3, -0.25) is 4.98 Å². The van der Waals surface area contributed by atoms with Crippen molar-refractivity contribution in [2.24, 2.45) is 0 Å². The Balaban J connectivity index is 1.52. The standard InChI is InChI=1S/C22H22N4O3/c1-3-28-13-16-5-4-15(2)18(10-16)11-21-23-12-20(29-21)17-6-8-19(9-7-17)26-22(27)24-14-25-26/h4-10,12,14H,3,11,13H2,1-2H3,(H,24,25,27). The van der Waals surface area contributed by atoms with E-state index in [4.69, 9.17) is 9.15 Å². The van der Waals surface area contributed by atoms with Gasteiger partial charge in [0.1, 0.15) is 6.33 Å². The predicted octanol–water partition coefficient (Wildman–Crippen LogP) is 3.65. The minimum absolute atomic E-state index is 0.276. The molecule has 0 aliphatic rings. The number of nitrogens with zero attached hydrogens (tertiary/aromatic N) is 3. The minimum atomic E-state index is -0.276. The van der Waals surface area contributed by atoms with Gasteiger partial charge in [0.25, 0.3) is 0 Å². The number of ether oxygens (including phenoxy) is 1. The van der Waals surface area contributed by atoms with Crippen molar-refractivity contribution in [2.45, 2.75) is 26.9 Å². The molecule has 2 aromatic carbocycles. The van der Waals surface area contributed by atoms with E-state index in [-0.39, 0.29) is 5.69 Å². The first kappa shape index (κ1) is 18.9. The summed E-state index contributed by atoms with van der Waals surface area (Å²) < 4.78 is 12.8. The topological polar surface area (TPSA) is 85.9 Å². The molecule has 7 heteroatoms. The Bertz CT molecular complexity index is 1160. The van der Waals surface area contributed by atoms with Gasteiger partial charge in [0.15, 0.2) is 11.7 Å². The normalized spacial score (nSPS) is 11.1. The number of aryl methyl sites for hydroxylation is 1. The molecule has 7 nitrogen and oxygen atoms in total. The lowest BCUT2D eigenvalue weighted by Crippen LogP contribution is -2.15. The van der Waals surface area contributed by atoms with Crippen LogP contribution in [0, 0.1) is 6.92 Å². The second-order valence-corrected chi connectivity index (χ2v) is 6.75. The van der Waals surface area contributed by atoms with Crippen LogP contribution < -0.4 is 5.69 Å². The zero-order valence-electron chi connectivity index (χ0n) is 16.4. The number of aromatic amines is 1. The number of benzene rings is 2. The zero-order valence-corrected chi connectivity index (χ0v) is 16.4. The molecule has 0 saturated carbocycles. The highest BCUT2D eigenvalue weighted by Crippen LogP contribution is 2.23. The molecular weight excluding hydrogens is 368 g/mol. The van der Waals surface area contributed by atoms with Crippen molar-refractivity contribution < 1.29 is 9.15 Å². The summed E-state index contributed by atoms with van der Waals surface area (Å²) in [6, 6.07) is 13.7. The molecule has 0 aliphatic carbocycles. The number of hydrogen-bond donors (Lipinski definition) is 1. The van der Waals surface area contributed by atoms with Crippen LogP contribution in [-0.4, -0.2) is 26.4 Å². The number of H-pyrrole nitrogens is 1. The lowest BCUT2D eigenvalue weighted by Gasteiger charge is -2.07. The van der Waals surface area contributed by atoms with Gasteiger partial charge in [0, 0.05) is 18.6 Å². The summed E-state index contributed by atoms with van der Waals surface area (Å²) in [5.74, 6) is 1.34. The third kappa shape index (κ3) is 4.20. The van der Waals surface area contributed by atoms with Crippen LogP contribution in [0.4, 0.5) is 0 Å². The number of hydrogen-bond acceptors (Lipinski definition) is 5. The molecule has 0 fully saturated rings. The van der Waals surface area contributed by atoms with E-state index < -0.39 is 0 Å². The summed E-state index contributed by atoms with van der Waals surface area (Å²) in [6.07, 6.45) is 3.71. The van der Waals surface area contributed by atoms with Crippen LogP contribution in [0.1, 0.15) is 29.5 Å². The molecule has 2 heterocycles. The van der Waals surface area contributed by atoms with Gasteiger partial charge in [-0.15, -0.1) is 0 Å². The zero-order chi connectivity index (χ0) is 20.2. The summed E-state index contributed by atoms with van der Waals surface area (Å²) in [5.41, 5.74) is 4.80. The van der Waals surface area contributed by atoms with Crippen LogP contribution in [0.15, 0.2) is 64.2 Å². The largest absolute Gasteiger partial charge is 0.440 e. The van der Waals surface area contributed by atoms with E-state index in [1.165, 1.54) is 22.1 Å². The van der Waals surface area contributed by atoms with Gasteiger partial charge < -0.3 is 9.15 Å². The fourth-order valence-corrected chi connectivity index (χ4v) is 3.12. The Morgan fingerprint density at radius 2 is 2.00 bits per heavy atom. The van der Waals surface area contributed by atoms with Crippen LogP contribution in [0.5, 0.6) is 0 Å². The van der Waals surface area contributed by atoms with Crippen molar-refractivity contribution >= 4 is 0 Å². The summed E-state index contributed by atoms with van der Waals surface area (Å²) in [4.78, 5) is 18.6. The average molecular weight is 390 g/mol. The van der Waals surface area contributed by atoms with Crippen LogP contribution in [0.25, 0.3) is 17.0 Å². The molecule has 0 bridgehead atoms. The van der Waals surface area contributed by atoms with E-state index in [1.54, 1.807) is 6.20 Å². The summed E-state index contributed by atoms with van der Waals surface area (Å²) in [5, 5.41) is 3.98. The predicted molar refractivity (Wildman–Crippen MR) is 109 cm³/mol. The number of oxazole rings is 1. The van der Waals surface area contributed by atoms with Gasteiger partial charge in [-0.2, -0.15) is 9.78 Å². The first-order valence-electron chi connectivity index (χ1n) is 9.48. The molecule has 148 valence electrons. The molecule has 1 N–H and O–H groups in total. The molecular formula is C22H22N4O3. The van der Waals surface area contributed by atoms with Crippen molar-refractivity contribution in [3.8, 4) is 17.0 Å². The van der Waals surface area contributed by atoms with Crippen LogP contribution >= 0.6 is 0 Å². The molecule has 0 unspecified atom stereocenters. The third-order valence-corrected chi connectivity index (χ3v) is 4.73. The maximum Gasteiger partial charge on any atom is 0.347 e. The van der Waals surface area contributed by atoms with E-state index in [0.717, 1.165) is 11.1 Å². The SMILES string of the molecule is CCOCc1ccc(C)c(Cc2ncc(-c3ccc(-n4nc[nH]c4=O)cc3)o2)c1. The van der Waals surface area contributed by atoms with Gasteiger partial charge in [-0.25, -0.2) is 9.78 Å². The fourth-order valence-electron chi connectivity index (χ4n) is 3.12. The molecule has 0 amide bonds. The molecule has 0 atom stereocenters. The molecule has 0 saturated heterocycles. The van der Waals surface area contributed by atoms with Crippen LogP contribution in [0.2, 0.25) is 0 Å². The highest BCUT2D eigenvalue weighted by molar-refractivity contribution is 5.58. The highest BCUT2D eigenvalue weighted by atomic mass is 16.5. The molecule has 0 radical (unpaired) electrons. The van der Waals surface area contributed by atoms with Crippen molar-refractivity contribution in [3.63, 3.8) is 0 Å². The van der Waals surface area contributed by atoms with Gasteiger partial charge >= 0.3 is 5.69 Å². The first-order chi connectivity index (χ1) is 14.1. The minimum Gasteiger partial charge on any atom is -0.440 e. The Morgan fingerprint density at radius 1 is 1.17 bits per heavy atom. The highest BCUT2D eigenvalue weighted by Gasteiger charge is 2.10. The van der Waals surface area contributed by atoms with Gasteiger partial charge in [-0.1, -0.05) is 18.2 Å². The van der Waals surface area contributed by atoms with E-state index in [2.05, 4.69) is 40.2 Å². The molecule has 29 heavy (non-hydrogen) atoms. The Kier molecular flexibility index (Phi) is 5.39. The van der Waals surface area contributed by atoms with E-state index >= 15 is 0 Å². The van der Waals surface area contributed by atoms with Crippen LogP contribution in [-0.2, 0) is 17.8 Å². The lowest BCUT2D eigenvalue weighted by molar-refractivity contribution is 0.134. The lowest BCUT2D eigenvalue weighted by atomic mass is 10.0. The van der Waals surface area contributed by atoms with E-state index in [9.17, 15) is 4.79 Å². The van der Waals surface area contributed by atoms with Gasteiger partial charge in [0.2, 0.25) is 0 Å². The first-order valence-corrected chi connectivity index (χ1v) is 9.48. The smallest absolute Gasteiger partial charge is 0.347 e. The van der Waals surface area contributed by atoms with Gasteiger partial charge in [-0.05, 0) is 54.8 Å². The summed E-state index contributed by atoms with van der Waals surface area (Å²) in [7, 11) is 0. The third-order valence-electron chi connectivity index (χ3n) is 4.73. The quantitative estimate of drug-likeness (QED) is 0.521. The Labute approximate surface area is 168 Å². The number of aromatic nitrogens is 4. The average Bonchev–Trinajstić information content (AvgIpc) is 3.38. The second-order valence-electron chi connectivity index (χ2n) is 6.75. The molecule has 4 aromatic rings. The molecule has 0 spiro atoms. The van der Waals surface area contributed by atoms with Crippen molar-refractivity contribution in [2.75, 3.05) is 6.61 Å². The summed E-state index contributed by atoms with van der Waals surface area (Å²) >= 11 is 0. The number of rotatable bonds is 7. The Morgan fingerprint density at radius 3 is 2.72 bits per heavy atom. The van der Waals surface area contributed by atoms with Crippen molar-refractivity contribution in [3.05, 3.63) is 88.1 Å². The summed E-state index contributed by atoms with van der Waals surface area (Å²) in [6.45, 7) is 5.37. The van der Waals surface area contributed by atoms with E-state index in [0.29, 0.717) is 37.0 Å². The van der Waals surface area contributed by atoms with Crippen molar-refractivity contribution in [1.82, 2.24) is 19.7 Å². The molecule has 0 aliphatic heterocycles. The second kappa shape index (κ2) is 8.28. The van der Waals surface area contributed by atoms with E-state index in [1.807, 2.05) is 31.2 Å². The van der Waals surface area contributed by atoms with Crippen molar-refractivity contribution in [1.29, 1.82) is 0 Å². The number of nitrogens with one attached hydrogen (secondary N) is 1.